The average molecular weight is 258 g/mol. The zero-order valence-corrected chi connectivity index (χ0v) is 12.0. The fourth-order valence-electron chi connectivity index (χ4n) is 0.808. The fourth-order valence-corrected chi connectivity index (χ4v) is 0.808. The molecule has 0 aliphatic heterocycles. The van der Waals surface area contributed by atoms with E-state index in [4.69, 9.17) is 0 Å². The standard InChI is InChI=1S/C6H8.2C5H5.Ti/c1-3-5-6-4-2;2*1-2-4-5-3-1;/h5-6H,1-2H3;2*1-5H;/q-2;;;+2. The number of hydrogen-bond acceptors (Lipinski definition) is 0. The van der Waals surface area contributed by atoms with Gasteiger partial charge in [-0.3, -0.25) is 0 Å². The van der Waals surface area contributed by atoms with Crippen LogP contribution in [0.2, 0.25) is 0 Å². The molecule has 0 spiro atoms. The molecule has 0 nitrogen and oxygen atoms in total. The maximum absolute atomic E-state index is 2.83. The van der Waals surface area contributed by atoms with Crippen LogP contribution in [0.4, 0.5) is 0 Å². The van der Waals surface area contributed by atoms with E-state index in [-0.39, 0.29) is 21.7 Å². The molecule has 0 N–H and O–H groups in total. The maximum atomic E-state index is 2.83. The van der Waals surface area contributed by atoms with Crippen LogP contribution >= 0.6 is 0 Å². The third-order valence-electron chi connectivity index (χ3n) is 1.53. The van der Waals surface area contributed by atoms with Gasteiger partial charge in [0.1, 0.15) is 0 Å². The number of hydrogen-bond donors (Lipinski definition) is 0. The van der Waals surface area contributed by atoms with Gasteiger partial charge in [-0.2, -0.15) is 0 Å². The van der Waals surface area contributed by atoms with Crippen molar-refractivity contribution in [3.8, 4) is 0 Å². The molecule has 17 heavy (non-hydrogen) atoms. The molecule has 2 aliphatic carbocycles. The Morgan fingerprint density at radius 2 is 0.706 bits per heavy atom. The maximum Gasteiger partial charge on any atom is 2.00 e. The largest absolute Gasteiger partial charge is 2.00 e. The van der Waals surface area contributed by atoms with Crippen molar-refractivity contribution in [1.29, 1.82) is 0 Å². The Bertz CT molecular complexity index is 127. The Hall–Kier alpha value is 0.194. The predicted molar refractivity (Wildman–Crippen MR) is 70.0 cm³/mol. The van der Waals surface area contributed by atoms with Gasteiger partial charge in [0.15, 0.2) is 0 Å². The quantitative estimate of drug-likeness (QED) is 0.381. The summed E-state index contributed by atoms with van der Waals surface area (Å²) in [7, 11) is 0. The molecule has 86 valence electrons. The first-order valence-electron chi connectivity index (χ1n) is 5.24. The van der Waals surface area contributed by atoms with E-state index in [1.165, 1.54) is 0 Å². The van der Waals surface area contributed by atoms with E-state index < -0.39 is 0 Å². The van der Waals surface area contributed by atoms with Crippen molar-refractivity contribution in [2.75, 3.05) is 0 Å². The van der Waals surface area contributed by atoms with Crippen LogP contribution in [0.5, 0.6) is 0 Å². The van der Waals surface area contributed by atoms with Gasteiger partial charge in [0.2, 0.25) is 0 Å². The van der Waals surface area contributed by atoms with E-state index in [2.05, 4.69) is 12.2 Å². The van der Waals surface area contributed by atoms with Crippen molar-refractivity contribution < 1.29 is 21.7 Å². The molecule has 2 rings (SSSR count). The van der Waals surface area contributed by atoms with Gasteiger partial charge in [0, 0.05) is 0 Å². The van der Waals surface area contributed by atoms with Gasteiger partial charge >= 0.3 is 21.7 Å². The topological polar surface area (TPSA) is 0 Å². The third-order valence-corrected chi connectivity index (χ3v) is 1.53. The summed E-state index contributed by atoms with van der Waals surface area (Å²) in [6.07, 6.45) is 29.3. The average Bonchev–Trinajstić information content (AvgIpc) is 3.00. The molecule has 2 aliphatic rings. The minimum atomic E-state index is 0. The normalized spacial score (nSPS) is 18.2. The molecule has 0 bridgehead atoms. The Morgan fingerprint density at radius 1 is 0.529 bits per heavy atom. The van der Waals surface area contributed by atoms with Crippen LogP contribution in [-0.2, 0) is 21.7 Å². The summed E-state index contributed by atoms with van der Waals surface area (Å²) in [5.74, 6) is 0. The van der Waals surface area contributed by atoms with Crippen molar-refractivity contribution in [2.24, 2.45) is 0 Å². The molecule has 0 saturated heterocycles. The second-order valence-electron chi connectivity index (χ2n) is 2.84. The van der Waals surface area contributed by atoms with Gasteiger partial charge < -0.3 is 24.3 Å². The van der Waals surface area contributed by atoms with Gasteiger partial charge in [-0.05, 0) is 64.2 Å². The molecule has 0 aromatic carbocycles. The molecular formula is C16H18Ti. The predicted octanol–water partition coefficient (Wildman–Crippen LogP) is 3.79. The van der Waals surface area contributed by atoms with Crippen LogP contribution in [0.15, 0.2) is 12.2 Å². The molecule has 0 heterocycles. The SMILES string of the molecule is C[C-]=CC=[C-]C.[CH]1[CH][CH][CH][CH]1.[CH]1[CH][CH][CH][CH]1.[Ti+2]. The summed E-state index contributed by atoms with van der Waals surface area (Å²) < 4.78 is 0. The Morgan fingerprint density at radius 3 is 0.824 bits per heavy atom. The van der Waals surface area contributed by atoms with Crippen LogP contribution in [0.3, 0.4) is 0 Å². The smallest absolute Gasteiger partial charge is 0.391 e. The van der Waals surface area contributed by atoms with Crippen molar-refractivity contribution in [1.82, 2.24) is 0 Å². The summed E-state index contributed by atoms with van der Waals surface area (Å²) in [5.41, 5.74) is 0. The van der Waals surface area contributed by atoms with Crippen molar-refractivity contribution in [2.45, 2.75) is 13.8 Å². The van der Waals surface area contributed by atoms with Gasteiger partial charge in [-0.15, -0.1) is 13.8 Å². The molecule has 10 radical (unpaired) electrons. The van der Waals surface area contributed by atoms with E-state index in [0.717, 1.165) is 0 Å². The summed E-state index contributed by atoms with van der Waals surface area (Å²) in [6, 6.07) is 0. The molecule has 1 heteroatoms. The van der Waals surface area contributed by atoms with Crippen molar-refractivity contribution in [3.63, 3.8) is 0 Å². The molecule has 0 aromatic rings. The molecule has 0 amide bonds. The second-order valence-corrected chi connectivity index (χ2v) is 2.84. The van der Waals surface area contributed by atoms with Crippen LogP contribution in [0.1, 0.15) is 13.8 Å². The van der Waals surface area contributed by atoms with Gasteiger partial charge in [-0.25, -0.2) is 0 Å². The van der Waals surface area contributed by atoms with Gasteiger partial charge in [0.05, 0.1) is 0 Å². The molecular weight excluding hydrogens is 240 g/mol. The van der Waals surface area contributed by atoms with E-state index in [9.17, 15) is 0 Å². The molecule has 2 fully saturated rings. The van der Waals surface area contributed by atoms with E-state index in [1.807, 2.05) is 90.2 Å². The van der Waals surface area contributed by atoms with Gasteiger partial charge in [-0.1, -0.05) is 0 Å². The molecule has 2 saturated carbocycles. The number of rotatable bonds is 1. The summed E-state index contributed by atoms with van der Waals surface area (Å²) in [5, 5.41) is 0. The Kier molecular flexibility index (Phi) is 21.3. The summed E-state index contributed by atoms with van der Waals surface area (Å²) >= 11 is 0. The summed E-state index contributed by atoms with van der Waals surface area (Å²) in [4.78, 5) is 0. The first-order chi connectivity index (χ1) is 7.91. The van der Waals surface area contributed by atoms with Crippen LogP contribution in [-0.4, -0.2) is 0 Å². The fraction of sp³-hybridized carbons (Fsp3) is 0.125. The van der Waals surface area contributed by atoms with Crippen LogP contribution < -0.4 is 0 Å². The molecule has 0 aromatic heterocycles. The Balaban J connectivity index is 0. The first kappa shape index (κ1) is 19.5. The monoisotopic (exact) mass is 258 g/mol. The number of allylic oxidation sites excluding steroid dienone is 4. The second kappa shape index (κ2) is 18.6. The minimum absolute atomic E-state index is 0. The third kappa shape index (κ3) is 18.7. The van der Waals surface area contributed by atoms with Gasteiger partial charge in [0.25, 0.3) is 0 Å². The van der Waals surface area contributed by atoms with E-state index in [0.29, 0.717) is 0 Å². The van der Waals surface area contributed by atoms with Crippen molar-refractivity contribution >= 4 is 0 Å². The van der Waals surface area contributed by atoms with Crippen LogP contribution in [0, 0.1) is 76.4 Å². The zero-order chi connectivity index (χ0) is 11.9. The first-order valence-corrected chi connectivity index (χ1v) is 5.24. The van der Waals surface area contributed by atoms with Crippen molar-refractivity contribution in [3.05, 3.63) is 88.5 Å². The minimum Gasteiger partial charge on any atom is -0.391 e. The molecule has 0 unspecified atom stereocenters. The van der Waals surface area contributed by atoms with E-state index in [1.54, 1.807) is 0 Å². The Labute approximate surface area is 124 Å². The van der Waals surface area contributed by atoms with E-state index >= 15 is 0 Å². The molecule has 0 atom stereocenters. The zero-order valence-electron chi connectivity index (χ0n) is 10.4. The summed E-state index contributed by atoms with van der Waals surface area (Å²) in [6.45, 7) is 3.71. The van der Waals surface area contributed by atoms with Crippen LogP contribution in [0.25, 0.3) is 0 Å².